The lowest BCUT2D eigenvalue weighted by Gasteiger charge is -2.09. The highest BCUT2D eigenvalue weighted by Gasteiger charge is 2.20. The second kappa shape index (κ2) is 8.49. The number of carbonyl (C=O) groups excluding carboxylic acids is 2. The van der Waals surface area contributed by atoms with Crippen LogP contribution in [0.1, 0.15) is 9.67 Å². The molecule has 1 aromatic heterocycles. The van der Waals surface area contributed by atoms with E-state index in [9.17, 15) is 18.0 Å². The van der Waals surface area contributed by atoms with Crippen molar-refractivity contribution in [1.82, 2.24) is 0 Å². The van der Waals surface area contributed by atoms with E-state index in [2.05, 4.69) is 5.32 Å². The molecule has 11 heteroatoms. The van der Waals surface area contributed by atoms with Crippen LogP contribution in [0.5, 0.6) is 0 Å². The van der Waals surface area contributed by atoms with Crippen molar-refractivity contribution in [3.05, 3.63) is 56.3 Å². The Balaban J connectivity index is 1.70. The van der Waals surface area contributed by atoms with Gasteiger partial charge in [-0.25, -0.2) is 13.2 Å². The number of sulfone groups is 1. The molecule has 2 aromatic carbocycles. The van der Waals surface area contributed by atoms with Gasteiger partial charge < -0.3 is 10.1 Å². The van der Waals surface area contributed by atoms with E-state index < -0.39 is 28.3 Å². The molecule has 3 aromatic rings. The molecule has 0 fully saturated rings. The van der Waals surface area contributed by atoms with Crippen LogP contribution in [-0.2, 0) is 19.4 Å². The van der Waals surface area contributed by atoms with Gasteiger partial charge in [0.05, 0.1) is 20.6 Å². The molecule has 0 atom stereocenters. The molecular weight excluding hydrogens is 481 g/mol. The van der Waals surface area contributed by atoms with Crippen LogP contribution in [0.4, 0.5) is 5.69 Å². The topological polar surface area (TPSA) is 89.5 Å². The minimum Gasteiger partial charge on any atom is -0.451 e. The minimum absolute atomic E-state index is 0.00934. The number of thiophene rings is 1. The largest absolute Gasteiger partial charge is 0.451 e. The predicted molar refractivity (Wildman–Crippen MR) is 115 cm³/mol. The number of nitrogens with one attached hydrogen (secondary N) is 1. The van der Waals surface area contributed by atoms with Crippen molar-refractivity contribution in [2.45, 2.75) is 4.90 Å². The number of anilines is 1. The number of rotatable bonds is 5. The number of halogens is 3. The van der Waals surface area contributed by atoms with Crippen LogP contribution >= 0.6 is 46.1 Å². The van der Waals surface area contributed by atoms with Crippen LogP contribution in [0, 0.1) is 0 Å². The fraction of sp³-hybridized carbons (Fsp3) is 0.111. The molecule has 0 spiro atoms. The number of carbonyl (C=O) groups is 2. The van der Waals surface area contributed by atoms with E-state index in [4.69, 9.17) is 39.5 Å². The minimum atomic E-state index is -3.48. The molecule has 1 heterocycles. The van der Waals surface area contributed by atoms with Crippen LogP contribution in [0.3, 0.4) is 0 Å². The van der Waals surface area contributed by atoms with Gasteiger partial charge in [0.15, 0.2) is 16.4 Å². The van der Waals surface area contributed by atoms with Gasteiger partial charge in [-0.2, -0.15) is 0 Å². The summed E-state index contributed by atoms with van der Waals surface area (Å²) in [6.45, 7) is -0.608. The summed E-state index contributed by atoms with van der Waals surface area (Å²) in [5.41, 5.74) is 0.0881. The van der Waals surface area contributed by atoms with Gasteiger partial charge in [0, 0.05) is 21.4 Å². The Hall–Kier alpha value is -1.84. The zero-order valence-electron chi connectivity index (χ0n) is 14.7. The van der Waals surface area contributed by atoms with E-state index in [0.717, 1.165) is 17.6 Å². The average molecular weight is 493 g/mol. The SMILES string of the molecule is CS(=O)(=O)c1ccc(Cl)c(NC(=O)COC(=O)c2sc3cc(Cl)ccc3c2Cl)c1. The Bertz CT molecular complexity index is 1240. The number of ether oxygens (including phenoxy) is 1. The normalized spacial score (nSPS) is 11.4. The van der Waals surface area contributed by atoms with Crippen molar-refractivity contribution >= 4 is 83.6 Å². The smallest absolute Gasteiger partial charge is 0.350 e. The van der Waals surface area contributed by atoms with E-state index in [-0.39, 0.29) is 25.5 Å². The molecule has 6 nitrogen and oxygen atoms in total. The van der Waals surface area contributed by atoms with Crippen LogP contribution in [0.25, 0.3) is 10.1 Å². The van der Waals surface area contributed by atoms with Gasteiger partial charge in [-0.15, -0.1) is 11.3 Å². The molecule has 1 N–H and O–H groups in total. The number of hydrogen-bond acceptors (Lipinski definition) is 6. The third-order valence-electron chi connectivity index (χ3n) is 3.75. The zero-order valence-corrected chi connectivity index (χ0v) is 18.6. The molecule has 0 aliphatic heterocycles. The number of fused-ring (bicyclic) bond motifs is 1. The molecule has 0 saturated carbocycles. The summed E-state index contributed by atoms with van der Waals surface area (Å²) >= 11 is 19.2. The summed E-state index contributed by atoms with van der Waals surface area (Å²) in [5, 5.41) is 3.93. The maximum Gasteiger partial charge on any atom is 0.350 e. The standard InChI is InChI=1S/C18H12Cl3NO5S2/c1-29(25,26)10-3-5-12(20)13(7-10)22-15(23)8-27-18(24)17-16(21)11-4-2-9(19)6-14(11)28-17/h2-7H,8H2,1H3,(H,22,23). The molecule has 1 amide bonds. The Morgan fingerprint density at radius 1 is 1.10 bits per heavy atom. The van der Waals surface area contributed by atoms with E-state index in [1.54, 1.807) is 18.2 Å². The second-order valence-corrected chi connectivity index (χ2v) is 10.2. The number of amides is 1. The predicted octanol–water partition coefficient (Wildman–Crippen LogP) is 5.06. The first-order valence-corrected chi connectivity index (χ1v) is 11.7. The van der Waals surface area contributed by atoms with Crippen LogP contribution in [-0.4, -0.2) is 33.2 Å². The van der Waals surface area contributed by atoms with Crippen molar-refractivity contribution in [1.29, 1.82) is 0 Å². The van der Waals surface area contributed by atoms with Gasteiger partial charge in [-0.05, 0) is 30.3 Å². The molecule has 3 rings (SSSR count). The van der Waals surface area contributed by atoms with Crippen molar-refractivity contribution in [2.75, 3.05) is 18.2 Å². The van der Waals surface area contributed by atoms with Gasteiger partial charge in [-0.3, -0.25) is 4.79 Å². The van der Waals surface area contributed by atoms with Gasteiger partial charge in [0.25, 0.3) is 5.91 Å². The molecule has 0 saturated heterocycles. The third kappa shape index (κ3) is 5.02. The summed E-state index contributed by atoms with van der Waals surface area (Å²) in [6.07, 6.45) is 1.03. The maximum atomic E-state index is 12.3. The highest BCUT2D eigenvalue weighted by molar-refractivity contribution is 7.90. The lowest BCUT2D eigenvalue weighted by molar-refractivity contribution is -0.119. The lowest BCUT2D eigenvalue weighted by Crippen LogP contribution is -2.21. The Morgan fingerprint density at radius 3 is 2.52 bits per heavy atom. The van der Waals surface area contributed by atoms with Gasteiger partial charge >= 0.3 is 5.97 Å². The average Bonchev–Trinajstić information content (AvgIpc) is 2.96. The summed E-state index contributed by atoms with van der Waals surface area (Å²) in [7, 11) is -3.48. The molecule has 29 heavy (non-hydrogen) atoms. The van der Waals surface area contributed by atoms with E-state index in [1.807, 2.05) is 0 Å². The number of hydrogen-bond donors (Lipinski definition) is 1. The summed E-state index contributed by atoms with van der Waals surface area (Å²) in [5.74, 6) is -1.45. The first kappa shape index (κ1) is 21.9. The highest BCUT2D eigenvalue weighted by atomic mass is 35.5. The van der Waals surface area contributed by atoms with Gasteiger partial charge in [-0.1, -0.05) is 40.9 Å². The first-order valence-electron chi connectivity index (χ1n) is 7.90. The number of benzene rings is 2. The zero-order chi connectivity index (χ0) is 21.3. The lowest BCUT2D eigenvalue weighted by atomic mass is 10.2. The molecule has 0 aliphatic rings. The summed E-state index contributed by atoms with van der Waals surface area (Å²) < 4.78 is 29.0. The van der Waals surface area contributed by atoms with Crippen LogP contribution in [0.15, 0.2) is 41.3 Å². The molecule has 152 valence electrons. The first-order chi connectivity index (χ1) is 13.6. The Labute approximate surface area is 185 Å². The summed E-state index contributed by atoms with van der Waals surface area (Å²) in [4.78, 5) is 24.6. The number of esters is 1. The Kier molecular flexibility index (Phi) is 6.40. The molecular formula is C18H12Cl3NO5S2. The highest BCUT2D eigenvalue weighted by Crippen LogP contribution is 2.37. The fourth-order valence-corrected chi connectivity index (χ4v) is 4.87. The van der Waals surface area contributed by atoms with Crippen LogP contribution in [0.2, 0.25) is 15.1 Å². The van der Waals surface area contributed by atoms with Crippen molar-refractivity contribution in [3.8, 4) is 0 Å². The second-order valence-electron chi connectivity index (χ2n) is 5.92. The molecule has 0 aliphatic carbocycles. The quantitative estimate of drug-likeness (QED) is 0.503. The molecule has 0 radical (unpaired) electrons. The Morgan fingerprint density at radius 2 is 1.83 bits per heavy atom. The molecule has 0 bridgehead atoms. The van der Waals surface area contributed by atoms with E-state index in [1.165, 1.54) is 18.2 Å². The van der Waals surface area contributed by atoms with Crippen LogP contribution < -0.4 is 5.32 Å². The van der Waals surface area contributed by atoms with Crippen molar-refractivity contribution in [3.63, 3.8) is 0 Å². The monoisotopic (exact) mass is 491 g/mol. The van der Waals surface area contributed by atoms with E-state index >= 15 is 0 Å². The van der Waals surface area contributed by atoms with Crippen molar-refractivity contribution < 1.29 is 22.7 Å². The third-order valence-corrected chi connectivity index (χ3v) is 7.06. The summed E-state index contributed by atoms with van der Waals surface area (Å²) in [6, 6.07) is 8.92. The fourth-order valence-electron chi connectivity index (χ4n) is 2.38. The van der Waals surface area contributed by atoms with Gasteiger partial charge in [0.1, 0.15) is 4.88 Å². The van der Waals surface area contributed by atoms with Crippen molar-refractivity contribution in [2.24, 2.45) is 0 Å². The van der Waals surface area contributed by atoms with Gasteiger partial charge in [0.2, 0.25) is 0 Å². The maximum absolute atomic E-state index is 12.3. The molecule has 0 unspecified atom stereocenters. The van der Waals surface area contributed by atoms with E-state index in [0.29, 0.717) is 15.1 Å².